The van der Waals surface area contributed by atoms with Gasteiger partial charge < -0.3 is 0 Å². The number of fused-ring (bicyclic) bond motifs is 1. The van der Waals surface area contributed by atoms with E-state index >= 15 is 0 Å². The maximum atomic E-state index is 6.26. The molecule has 5 nitrogen and oxygen atoms in total. The first-order valence-electron chi connectivity index (χ1n) is 6.39. The topological polar surface area (TPSA) is 56.9 Å². The molecule has 1 heterocycles. The van der Waals surface area contributed by atoms with Gasteiger partial charge in [-0.3, -0.25) is 5.73 Å². The minimum absolute atomic E-state index is 0.529. The molecule has 2 aromatic carbocycles. The van der Waals surface area contributed by atoms with Gasteiger partial charge in [0.15, 0.2) is 12.1 Å². The highest BCUT2D eigenvalue weighted by molar-refractivity contribution is 7.78. The van der Waals surface area contributed by atoms with E-state index in [-0.39, 0.29) is 0 Å². The van der Waals surface area contributed by atoms with Gasteiger partial charge in [0.05, 0.1) is 5.49 Å². The van der Waals surface area contributed by atoms with Gasteiger partial charge >= 0.3 is 0 Å². The summed E-state index contributed by atoms with van der Waals surface area (Å²) in [4.78, 5) is 4.49. The summed E-state index contributed by atoms with van der Waals surface area (Å²) in [5.41, 5.74) is 11.4. The molecule has 0 bridgehead atoms. The number of aliphatic imine (C=N–C) groups is 1. The Labute approximate surface area is 132 Å². The molecule has 7 heteroatoms. The van der Waals surface area contributed by atoms with Crippen molar-refractivity contribution in [2.45, 2.75) is 6.29 Å². The number of nitrogens with one attached hydrogen (secondary N) is 1. The molecule has 0 aliphatic carbocycles. The van der Waals surface area contributed by atoms with E-state index in [4.69, 9.17) is 29.6 Å². The maximum Gasteiger partial charge on any atom is 0.187 e. The second kappa shape index (κ2) is 5.67. The van der Waals surface area contributed by atoms with E-state index in [1.807, 2.05) is 36.4 Å². The van der Waals surface area contributed by atoms with Crippen LogP contribution in [-0.2, 0) is 0 Å². The van der Waals surface area contributed by atoms with Gasteiger partial charge in [-0.1, -0.05) is 48.1 Å². The first kappa shape index (κ1) is 14.4. The van der Waals surface area contributed by atoms with Crippen molar-refractivity contribution in [1.82, 2.24) is 15.6 Å². The smallest absolute Gasteiger partial charge is 0.187 e. The summed E-state index contributed by atoms with van der Waals surface area (Å²) in [5, 5.41) is 6.06. The van der Waals surface area contributed by atoms with E-state index in [9.17, 15) is 0 Å². The predicted octanol–water partition coefficient (Wildman–Crippen LogP) is 2.11. The van der Waals surface area contributed by atoms with Crippen molar-refractivity contribution in [2.75, 3.05) is 7.05 Å². The molecule has 1 aliphatic rings. The van der Waals surface area contributed by atoms with Crippen LogP contribution in [0.5, 0.6) is 0 Å². The van der Waals surface area contributed by atoms with E-state index in [1.54, 1.807) is 17.2 Å². The molecule has 3 N–H and O–H groups in total. The highest BCUT2D eigenvalue weighted by Crippen LogP contribution is 2.29. The fraction of sp³-hybridized carbons (Fsp3) is 0.143. The third kappa shape index (κ3) is 2.31. The number of amidine groups is 1. The molecule has 108 valence electrons. The van der Waals surface area contributed by atoms with Gasteiger partial charge in [0.1, 0.15) is 0 Å². The fourth-order valence-electron chi connectivity index (χ4n) is 2.46. The lowest BCUT2D eigenvalue weighted by molar-refractivity contribution is 0.0406. The number of benzene rings is 2. The minimum atomic E-state index is -0.529. The molecule has 0 amide bonds. The van der Waals surface area contributed by atoms with Crippen LogP contribution >= 0.6 is 23.8 Å². The van der Waals surface area contributed by atoms with Crippen LogP contribution in [0.2, 0.25) is 5.02 Å². The van der Waals surface area contributed by atoms with Crippen LogP contribution in [0.25, 0.3) is 10.8 Å². The van der Waals surface area contributed by atoms with Crippen molar-refractivity contribution >= 4 is 45.9 Å². The number of rotatable bonds is 3. The normalized spacial score (nSPS) is 19.1. The first-order chi connectivity index (χ1) is 10.2. The number of hydrazine groups is 2. The van der Waals surface area contributed by atoms with Crippen molar-refractivity contribution in [3.63, 3.8) is 0 Å². The van der Waals surface area contributed by atoms with E-state index in [1.165, 1.54) is 5.49 Å². The molecule has 0 radical (unpaired) electrons. The summed E-state index contributed by atoms with van der Waals surface area (Å²) in [5.74, 6) is 0.694. The van der Waals surface area contributed by atoms with Crippen molar-refractivity contribution < 1.29 is 0 Å². The van der Waals surface area contributed by atoms with Crippen LogP contribution in [0.15, 0.2) is 41.4 Å². The fourth-order valence-corrected chi connectivity index (χ4v) is 2.89. The lowest BCUT2D eigenvalue weighted by Gasteiger charge is -2.27. The van der Waals surface area contributed by atoms with Gasteiger partial charge in [-0.25, -0.2) is 15.4 Å². The number of hydrogen-bond acceptors (Lipinski definition) is 5. The van der Waals surface area contributed by atoms with Crippen molar-refractivity contribution in [1.29, 1.82) is 0 Å². The molecule has 0 aromatic heterocycles. The van der Waals surface area contributed by atoms with Gasteiger partial charge in [-0.05, 0) is 17.5 Å². The van der Waals surface area contributed by atoms with Gasteiger partial charge in [0, 0.05) is 23.0 Å². The molecule has 0 saturated carbocycles. The Hall–Kier alpha value is -1.57. The largest absolute Gasteiger partial charge is 0.295 e. The monoisotopic (exact) mass is 319 g/mol. The summed E-state index contributed by atoms with van der Waals surface area (Å²) < 4.78 is 0. The summed E-state index contributed by atoms with van der Waals surface area (Å²) >= 11 is 11.4. The summed E-state index contributed by atoms with van der Waals surface area (Å²) in [6.45, 7) is 0. The zero-order valence-corrected chi connectivity index (χ0v) is 12.9. The van der Waals surface area contributed by atoms with Crippen LogP contribution in [0, 0.1) is 0 Å². The Kier molecular flexibility index (Phi) is 3.88. The highest BCUT2D eigenvalue weighted by atomic mass is 35.5. The molecule has 0 fully saturated rings. The SMILES string of the molecule is CNN1C(N)N=C(c2ccc(Cl)c3ccccc23)N1C=S. The lowest BCUT2D eigenvalue weighted by atomic mass is 10.0. The van der Waals surface area contributed by atoms with Crippen LogP contribution < -0.4 is 11.2 Å². The Bertz CT molecular complexity index is 732. The van der Waals surface area contributed by atoms with Gasteiger partial charge in [-0.2, -0.15) is 0 Å². The average Bonchev–Trinajstić information content (AvgIpc) is 2.83. The molecule has 1 aliphatic heterocycles. The molecule has 3 rings (SSSR count). The number of hydrogen-bond donors (Lipinski definition) is 2. The minimum Gasteiger partial charge on any atom is -0.295 e. The second-order valence-electron chi connectivity index (χ2n) is 4.53. The molecule has 0 spiro atoms. The Morgan fingerprint density at radius 3 is 2.67 bits per heavy atom. The van der Waals surface area contributed by atoms with Crippen molar-refractivity contribution in [2.24, 2.45) is 10.7 Å². The molecule has 1 unspecified atom stereocenters. The zero-order valence-electron chi connectivity index (χ0n) is 11.3. The van der Waals surface area contributed by atoms with Crippen LogP contribution in [0.1, 0.15) is 5.56 Å². The third-order valence-corrected chi connectivity index (χ3v) is 3.92. The summed E-state index contributed by atoms with van der Waals surface area (Å²) in [6, 6.07) is 11.7. The quantitative estimate of drug-likeness (QED) is 0.849. The molecule has 1 atom stereocenters. The summed E-state index contributed by atoms with van der Waals surface area (Å²) in [6.07, 6.45) is -0.529. The number of thiocarbonyl (C=S) groups is 1. The zero-order chi connectivity index (χ0) is 15.0. The molecular formula is C14H14ClN5S. The van der Waals surface area contributed by atoms with Crippen LogP contribution in [0.4, 0.5) is 0 Å². The summed E-state index contributed by atoms with van der Waals surface area (Å²) in [7, 11) is 1.77. The maximum absolute atomic E-state index is 6.26. The first-order valence-corrected chi connectivity index (χ1v) is 7.24. The van der Waals surface area contributed by atoms with Gasteiger partial charge in [0.2, 0.25) is 0 Å². The highest BCUT2D eigenvalue weighted by Gasteiger charge is 2.31. The van der Waals surface area contributed by atoms with Gasteiger partial charge in [0.25, 0.3) is 0 Å². The molecule has 21 heavy (non-hydrogen) atoms. The number of nitrogens with two attached hydrogens (primary N) is 1. The van der Waals surface area contributed by atoms with Crippen molar-refractivity contribution in [3.8, 4) is 0 Å². The molecule has 0 saturated heterocycles. The van der Waals surface area contributed by atoms with Crippen LogP contribution in [0.3, 0.4) is 0 Å². The van der Waals surface area contributed by atoms with Crippen molar-refractivity contribution in [3.05, 3.63) is 47.0 Å². The standard InChI is InChI=1S/C14H14ClN5S/c1-17-20-14(16)18-13(19(20)8-21)11-6-7-12(15)10-5-3-2-4-9(10)11/h2-8,14,17H,16H2,1H3. The Morgan fingerprint density at radius 2 is 2.00 bits per heavy atom. The number of nitrogens with zero attached hydrogens (tertiary/aromatic N) is 3. The average molecular weight is 320 g/mol. The number of halogens is 1. The van der Waals surface area contributed by atoms with E-state index in [0.29, 0.717) is 10.9 Å². The molecular weight excluding hydrogens is 306 g/mol. The van der Waals surface area contributed by atoms with E-state index in [0.717, 1.165) is 16.3 Å². The second-order valence-corrected chi connectivity index (χ2v) is 5.14. The Balaban J connectivity index is 2.19. The third-order valence-electron chi connectivity index (χ3n) is 3.39. The van der Waals surface area contributed by atoms with Gasteiger partial charge in [-0.15, -0.1) is 5.12 Å². The van der Waals surface area contributed by atoms with E-state index in [2.05, 4.69) is 10.4 Å². The molecule has 2 aromatic rings. The van der Waals surface area contributed by atoms with Crippen LogP contribution in [-0.4, -0.2) is 34.8 Å². The predicted molar refractivity (Wildman–Crippen MR) is 89.9 cm³/mol. The Morgan fingerprint density at radius 1 is 1.29 bits per heavy atom. The lowest BCUT2D eigenvalue weighted by Crippen LogP contribution is -2.53. The van der Waals surface area contributed by atoms with E-state index < -0.39 is 6.29 Å².